The number of para-hydroxylation sites is 1. The van der Waals surface area contributed by atoms with Crippen molar-refractivity contribution in [2.45, 2.75) is 64.3 Å². The van der Waals surface area contributed by atoms with Crippen LogP contribution in [0.5, 0.6) is 5.88 Å². The number of hydrogen-bond acceptors (Lipinski definition) is 6. The molecular weight excluding hydrogens is 478 g/mol. The number of likely N-dealkylation sites (tertiary alicyclic amines) is 1. The van der Waals surface area contributed by atoms with Crippen LogP contribution in [-0.4, -0.2) is 58.8 Å². The summed E-state index contributed by atoms with van der Waals surface area (Å²) < 4.78 is 5.60. The van der Waals surface area contributed by atoms with Crippen LogP contribution >= 0.6 is 0 Å². The third kappa shape index (κ3) is 5.60. The third-order valence-corrected chi connectivity index (χ3v) is 8.34. The van der Waals surface area contributed by atoms with E-state index in [0.717, 1.165) is 79.6 Å². The SMILES string of the molecule is CCC(=O)CCCCC[C@H](NC(=O)[C@@H]1C[C@]12CCN(C)C2)c1ncc(-c2cc3ccccc3nc2OC)[nH]1. The molecule has 0 unspecified atom stereocenters. The van der Waals surface area contributed by atoms with E-state index in [0.29, 0.717) is 24.5 Å². The van der Waals surface area contributed by atoms with E-state index in [2.05, 4.69) is 33.3 Å². The summed E-state index contributed by atoms with van der Waals surface area (Å²) in [4.78, 5) is 40.2. The van der Waals surface area contributed by atoms with Crippen molar-refractivity contribution in [3.8, 4) is 17.1 Å². The number of ketones is 1. The fourth-order valence-corrected chi connectivity index (χ4v) is 5.95. The molecule has 1 saturated heterocycles. The first kappa shape index (κ1) is 26.4. The second kappa shape index (κ2) is 11.2. The number of nitrogens with zero attached hydrogens (tertiary/aromatic N) is 3. The lowest BCUT2D eigenvalue weighted by atomic mass is 10.0. The van der Waals surface area contributed by atoms with Crippen LogP contribution in [0, 0.1) is 11.3 Å². The summed E-state index contributed by atoms with van der Waals surface area (Å²) in [6.07, 6.45) is 8.61. The summed E-state index contributed by atoms with van der Waals surface area (Å²) in [6, 6.07) is 9.79. The molecule has 1 aliphatic heterocycles. The smallest absolute Gasteiger partial charge is 0.224 e. The fourth-order valence-electron chi connectivity index (χ4n) is 5.95. The molecular formula is C30H39N5O3. The standard InChI is InChI=1S/C30H39N5O3/c1-4-21(36)11-6-5-7-13-25(33-28(37)23-17-30(23)14-15-35(2)19-30)27-31-18-26(32-27)22-16-20-10-8-9-12-24(20)34-29(22)38-3/h8-10,12,16,18,23,25H,4-7,11,13-15,17,19H2,1-3H3,(H,31,32)(H,33,37)/t23-,25-,30-/m0/s1. The Morgan fingerprint density at radius 2 is 2.11 bits per heavy atom. The number of benzene rings is 1. The Labute approximate surface area is 224 Å². The highest BCUT2D eigenvalue weighted by molar-refractivity contribution is 5.85. The van der Waals surface area contributed by atoms with Gasteiger partial charge in [-0.25, -0.2) is 9.97 Å². The first-order chi connectivity index (χ1) is 18.4. The number of hydrogen-bond donors (Lipinski definition) is 2. The molecule has 3 heterocycles. The molecule has 3 aromatic rings. The molecule has 2 N–H and O–H groups in total. The van der Waals surface area contributed by atoms with Crippen LogP contribution in [0.1, 0.15) is 70.2 Å². The Hall–Kier alpha value is -3.26. The molecule has 0 radical (unpaired) electrons. The highest BCUT2D eigenvalue weighted by Gasteiger charge is 2.60. The molecule has 1 spiro atoms. The Morgan fingerprint density at radius 1 is 1.26 bits per heavy atom. The number of pyridine rings is 1. The first-order valence-corrected chi connectivity index (χ1v) is 13.9. The van der Waals surface area contributed by atoms with Crippen molar-refractivity contribution < 1.29 is 14.3 Å². The number of aromatic amines is 1. The Morgan fingerprint density at radius 3 is 2.87 bits per heavy atom. The van der Waals surface area contributed by atoms with E-state index in [1.807, 2.05) is 31.2 Å². The molecule has 1 amide bonds. The highest BCUT2D eigenvalue weighted by Crippen LogP contribution is 2.58. The van der Waals surface area contributed by atoms with Crippen molar-refractivity contribution in [2.24, 2.45) is 11.3 Å². The van der Waals surface area contributed by atoms with Gasteiger partial charge in [-0.15, -0.1) is 0 Å². The van der Waals surface area contributed by atoms with Crippen LogP contribution in [0.4, 0.5) is 0 Å². The number of H-pyrrole nitrogens is 1. The summed E-state index contributed by atoms with van der Waals surface area (Å²) in [7, 11) is 3.75. The van der Waals surface area contributed by atoms with E-state index in [1.165, 1.54) is 0 Å². The molecule has 1 saturated carbocycles. The maximum Gasteiger partial charge on any atom is 0.224 e. The largest absolute Gasteiger partial charge is 0.480 e. The highest BCUT2D eigenvalue weighted by atomic mass is 16.5. The van der Waals surface area contributed by atoms with Crippen molar-refractivity contribution in [3.63, 3.8) is 0 Å². The van der Waals surface area contributed by atoms with Gasteiger partial charge in [-0.3, -0.25) is 9.59 Å². The molecule has 8 nitrogen and oxygen atoms in total. The average Bonchev–Trinajstić information content (AvgIpc) is 3.22. The van der Waals surface area contributed by atoms with Crippen molar-refractivity contribution >= 4 is 22.6 Å². The van der Waals surface area contributed by atoms with E-state index in [9.17, 15) is 9.59 Å². The van der Waals surface area contributed by atoms with Crippen molar-refractivity contribution in [1.29, 1.82) is 0 Å². The summed E-state index contributed by atoms with van der Waals surface area (Å²) in [5.41, 5.74) is 2.67. The maximum atomic E-state index is 13.4. The number of rotatable bonds is 12. The van der Waals surface area contributed by atoms with Crippen LogP contribution in [0.2, 0.25) is 0 Å². The number of carbonyl (C=O) groups excluding carboxylic acids is 2. The van der Waals surface area contributed by atoms with Crippen LogP contribution in [0.3, 0.4) is 0 Å². The Bertz CT molecular complexity index is 1300. The van der Waals surface area contributed by atoms with Gasteiger partial charge in [0.2, 0.25) is 11.8 Å². The quantitative estimate of drug-likeness (QED) is 0.326. The number of aromatic nitrogens is 3. The zero-order valence-electron chi connectivity index (χ0n) is 22.8. The van der Waals surface area contributed by atoms with Crippen molar-refractivity contribution in [1.82, 2.24) is 25.2 Å². The fraction of sp³-hybridized carbons (Fsp3) is 0.533. The van der Waals surface area contributed by atoms with Crippen molar-refractivity contribution in [3.05, 3.63) is 42.4 Å². The molecule has 8 heteroatoms. The van der Waals surface area contributed by atoms with Crippen LogP contribution in [0.25, 0.3) is 22.2 Å². The molecule has 3 atom stereocenters. The van der Waals surface area contributed by atoms with E-state index < -0.39 is 0 Å². The Kier molecular flexibility index (Phi) is 7.79. The molecule has 38 heavy (non-hydrogen) atoms. The van der Waals surface area contributed by atoms with E-state index in [1.54, 1.807) is 13.3 Å². The number of nitrogens with one attached hydrogen (secondary N) is 2. The zero-order chi connectivity index (χ0) is 26.7. The summed E-state index contributed by atoms with van der Waals surface area (Å²) in [5.74, 6) is 1.80. The van der Waals surface area contributed by atoms with E-state index in [4.69, 9.17) is 9.72 Å². The van der Waals surface area contributed by atoms with Crippen LogP contribution in [0.15, 0.2) is 36.5 Å². The number of amides is 1. The van der Waals surface area contributed by atoms with Gasteiger partial charge in [0, 0.05) is 30.7 Å². The number of methoxy groups -OCH3 is 1. The first-order valence-electron chi connectivity index (χ1n) is 13.9. The number of imidazole rings is 1. The topological polar surface area (TPSA) is 100 Å². The number of Topliss-reactive ketones (excluding diaryl/α,β-unsaturated/α-hetero) is 1. The van der Waals surface area contributed by atoms with Crippen LogP contribution < -0.4 is 10.1 Å². The van der Waals surface area contributed by atoms with Gasteiger partial charge < -0.3 is 19.9 Å². The lowest BCUT2D eigenvalue weighted by molar-refractivity contribution is -0.124. The summed E-state index contributed by atoms with van der Waals surface area (Å²) in [5, 5.41) is 4.35. The lowest BCUT2D eigenvalue weighted by Gasteiger charge is -2.18. The van der Waals surface area contributed by atoms with Crippen LogP contribution in [-0.2, 0) is 9.59 Å². The van der Waals surface area contributed by atoms with Gasteiger partial charge in [-0.1, -0.05) is 38.0 Å². The molecule has 1 aliphatic carbocycles. The monoisotopic (exact) mass is 517 g/mol. The molecule has 2 aromatic heterocycles. The lowest BCUT2D eigenvalue weighted by Crippen LogP contribution is -2.32. The van der Waals surface area contributed by atoms with Gasteiger partial charge in [-0.05, 0) is 56.8 Å². The van der Waals surface area contributed by atoms with Gasteiger partial charge in [0.25, 0.3) is 0 Å². The van der Waals surface area contributed by atoms with Gasteiger partial charge in [-0.2, -0.15) is 0 Å². The molecule has 2 fully saturated rings. The number of fused-ring (bicyclic) bond motifs is 1. The zero-order valence-corrected chi connectivity index (χ0v) is 22.8. The predicted octanol–water partition coefficient (Wildman–Crippen LogP) is 5.06. The average molecular weight is 518 g/mol. The minimum Gasteiger partial charge on any atom is -0.480 e. The second-order valence-corrected chi connectivity index (χ2v) is 11.1. The van der Waals surface area contributed by atoms with Gasteiger partial charge >= 0.3 is 0 Å². The second-order valence-electron chi connectivity index (χ2n) is 11.1. The molecule has 1 aromatic carbocycles. The summed E-state index contributed by atoms with van der Waals surface area (Å²) >= 11 is 0. The van der Waals surface area contributed by atoms with E-state index >= 15 is 0 Å². The third-order valence-electron chi connectivity index (χ3n) is 8.34. The van der Waals surface area contributed by atoms with Gasteiger partial charge in [0.1, 0.15) is 11.6 Å². The minimum atomic E-state index is -0.214. The van der Waals surface area contributed by atoms with Gasteiger partial charge in [0.05, 0.1) is 36.1 Å². The molecule has 5 rings (SSSR count). The number of ether oxygens (including phenoxy) is 1. The van der Waals surface area contributed by atoms with Gasteiger partial charge in [0.15, 0.2) is 0 Å². The summed E-state index contributed by atoms with van der Waals surface area (Å²) in [6.45, 7) is 3.98. The Balaban J connectivity index is 1.33. The van der Waals surface area contributed by atoms with Crippen molar-refractivity contribution in [2.75, 3.05) is 27.2 Å². The molecule has 0 bridgehead atoms. The number of carbonyl (C=O) groups is 2. The normalized spacial score (nSPS) is 21.6. The van der Waals surface area contributed by atoms with E-state index in [-0.39, 0.29) is 23.3 Å². The molecule has 2 aliphatic rings. The minimum absolute atomic E-state index is 0.0799. The predicted molar refractivity (Wildman–Crippen MR) is 148 cm³/mol. The molecule has 202 valence electrons. The maximum absolute atomic E-state index is 13.4. The number of unbranched alkanes of at least 4 members (excludes halogenated alkanes) is 2.